The van der Waals surface area contributed by atoms with Gasteiger partial charge in [-0.2, -0.15) is 0 Å². The fourth-order valence-electron chi connectivity index (χ4n) is 2.25. The van der Waals surface area contributed by atoms with Crippen molar-refractivity contribution in [2.75, 3.05) is 13.1 Å². The van der Waals surface area contributed by atoms with Crippen LogP contribution in [-0.2, 0) is 0 Å². The fourth-order valence-corrected chi connectivity index (χ4v) is 2.25. The molecule has 84 valence electrons. The van der Waals surface area contributed by atoms with E-state index in [-0.39, 0.29) is 0 Å². The highest BCUT2D eigenvalue weighted by molar-refractivity contribution is 4.78. The minimum Gasteiger partial charge on any atom is -0.330 e. The van der Waals surface area contributed by atoms with Crippen LogP contribution in [0.2, 0.25) is 0 Å². The Morgan fingerprint density at radius 3 is 2.71 bits per heavy atom. The van der Waals surface area contributed by atoms with Crippen LogP contribution in [0.4, 0.5) is 0 Å². The van der Waals surface area contributed by atoms with Crippen LogP contribution in [0.3, 0.4) is 0 Å². The van der Waals surface area contributed by atoms with Crippen molar-refractivity contribution in [3.8, 4) is 0 Å². The topological polar surface area (TPSA) is 38.0 Å². The Morgan fingerprint density at radius 1 is 1.36 bits per heavy atom. The van der Waals surface area contributed by atoms with Crippen LogP contribution >= 0.6 is 0 Å². The van der Waals surface area contributed by atoms with Crippen LogP contribution in [-0.4, -0.2) is 19.1 Å². The summed E-state index contributed by atoms with van der Waals surface area (Å²) in [5.41, 5.74) is 5.59. The summed E-state index contributed by atoms with van der Waals surface area (Å²) >= 11 is 0. The summed E-state index contributed by atoms with van der Waals surface area (Å²) in [4.78, 5) is 0. The third kappa shape index (κ3) is 3.97. The molecular weight excluding hydrogens is 172 g/mol. The van der Waals surface area contributed by atoms with Crippen LogP contribution in [0.25, 0.3) is 0 Å². The lowest BCUT2D eigenvalue weighted by molar-refractivity contribution is 0.276. The number of hydrogen-bond acceptors (Lipinski definition) is 2. The lowest BCUT2D eigenvalue weighted by atomic mass is 9.86. The molecule has 2 nitrogen and oxygen atoms in total. The Bertz CT molecular complexity index is 147. The van der Waals surface area contributed by atoms with Gasteiger partial charge in [0.05, 0.1) is 0 Å². The maximum Gasteiger partial charge on any atom is 0.00926 e. The fraction of sp³-hybridized carbons (Fsp3) is 1.00. The maximum absolute atomic E-state index is 5.59. The van der Waals surface area contributed by atoms with E-state index in [1.165, 1.54) is 32.1 Å². The van der Waals surface area contributed by atoms with Crippen molar-refractivity contribution < 1.29 is 0 Å². The molecule has 0 radical (unpaired) electrons. The van der Waals surface area contributed by atoms with E-state index in [0.29, 0.717) is 5.92 Å². The Balaban J connectivity index is 2.10. The molecule has 1 aliphatic carbocycles. The van der Waals surface area contributed by atoms with E-state index < -0.39 is 0 Å². The molecule has 1 rings (SSSR count). The predicted octanol–water partition coefficient (Wildman–Crippen LogP) is 2.14. The highest BCUT2D eigenvalue weighted by atomic mass is 14.9. The van der Waals surface area contributed by atoms with E-state index in [0.717, 1.165) is 25.0 Å². The van der Waals surface area contributed by atoms with Crippen molar-refractivity contribution in [2.24, 2.45) is 17.6 Å². The van der Waals surface area contributed by atoms with Crippen molar-refractivity contribution >= 4 is 0 Å². The Hall–Kier alpha value is -0.0800. The molecule has 0 aromatic rings. The molecule has 0 spiro atoms. The van der Waals surface area contributed by atoms with E-state index in [1.54, 1.807) is 0 Å². The first-order valence-electron chi connectivity index (χ1n) is 6.17. The minimum absolute atomic E-state index is 0.668. The van der Waals surface area contributed by atoms with Gasteiger partial charge in [0.2, 0.25) is 0 Å². The monoisotopic (exact) mass is 198 g/mol. The van der Waals surface area contributed by atoms with E-state index >= 15 is 0 Å². The Labute approximate surface area is 88.6 Å². The molecule has 0 aromatic heterocycles. The van der Waals surface area contributed by atoms with E-state index in [2.05, 4.69) is 19.2 Å². The molecule has 0 amide bonds. The second-order valence-corrected chi connectivity index (χ2v) is 4.95. The summed E-state index contributed by atoms with van der Waals surface area (Å²) in [6.07, 6.45) is 6.84. The first-order valence-corrected chi connectivity index (χ1v) is 6.17. The largest absolute Gasteiger partial charge is 0.330 e. The summed E-state index contributed by atoms with van der Waals surface area (Å²) in [5, 5.41) is 3.68. The molecule has 1 aliphatic rings. The third-order valence-electron chi connectivity index (χ3n) is 3.56. The zero-order chi connectivity index (χ0) is 10.4. The molecule has 0 saturated heterocycles. The summed E-state index contributed by atoms with van der Waals surface area (Å²) in [6, 6.07) is 0.772. The third-order valence-corrected chi connectivity index (χ3v) is 3.56. The summed E-state index contributed by atoms with van der Waals surface area (Å²) in [6.45, 7) is 6.57. The van der Waals surface area contributed by atoms with Crippen LogP contribution < -0.4 is 11.1 Å². The van der Waals surface area contributed by atoms with Gasteiger partial charge in [-0.3, -0.25) is 0 Å². The first kappa shape index (κ1) is 12.0. The summed E-state index contributed by atoms with van der Waals surface area (Å²) in [5.74, 6) is 1.54. The van der Waals surface area contributed by atoms with E-state index in [1.807, 2.05) is 0 Å². The molecule has 0 aromatic carbocycles. The SMILES string of the molecule is CC(CN)CCNC1CCCCC1C. The van der Waals surface area contributed by atoms with Crippen molar-refractivity contribution in [3.05, 3.63) is 0 Å². The zero-order valence-electron chi connectivity index (χ0n) is 9.76. The molecule has 3 N–H and O–H groups in total. The second kappa shape index (κ2) is 6.41. The first-order chi connectivity index (χ1) is 6.74. The number of nitrogens with one attached hydrogen (secondary N) is 1. The van der Waals surface area contributed by atoms with Crippen molar-refractivity contribution in [1.29, 1.82) is 0 Å². The number of rotatable bonds is 5. The minimum atomic E-state index is 0.668. The molecule has 3 unspecified atom stereocenters. The van der Waals surface area contributed by atoms with Crippen molar-refractivity contribution in [3.63, 3.8) is 0 Å². The van der Waals surface area contributed by atoms with Crippen LogP contribution in [0.5, 0.6) is 0 Å². The molecule has 0 heterocycles. The molecule has 0 aliphatic heterocycles. The van der Waals surface area contributed by atoms with Crippen molar-refractivity contribution in [2.45, 2.75) is 52.0 Å². The van der Waals surface area contributed by atoms with E-state index in [9.17, 15) is 0 Å². The van der Waals surface area contributed by atoms with Gasteiger partial charge >= 0.3 is 0 Å². The summed E-state index contributed by atoms with van der Waals surface area (Å²) in [7, 11) is 0. The molecule has 1 saturated carbocycles. The highest BCUT2D eigenvalue weighted by Crippen LogP contribution is 2.23. The van der Waals surface area contributed by atoms with Gasteiger partial charge in [-0.05, 0) is 44.2 Å². The molecule has 14 heavy (non-hydrogen) atoms. The summed E-state index contributed by atoms with van der Waals surface area (Å²) < 4.78 is 0. The number of nitrogens with two attached hydrogens (primary N) is 1. The maximum atomic E-state index is 5.59. The van der Waals surface area contributed by atoms with Gasteiger partial charge < -0.3 is 11.1 Å². The molecule has 3 atom stereocenters. The number of hydrogen-bond donors (Lipinski definition) is 2. The standard InChI is InChI=1S/C12H26N2/c1-10(9-13)7-8-14-12-6-4-3-5-11(12)2/h10-12,14H,3-9,13H2,1-2H3. The lowest BCUT2D eigenvalue weighted by Crippen LogP contribution is -2.38. The van der Waals surface area contributed by atoms with Gasteiger partial charge in [-0.15, -0.1) is 0 Å². The van der Waals surface area contributed by atoms with Crippen LogP contribution in [0.15, 0.2) is 0 Å². The molecular formula is C12H26N2. The van der Waals surface area contributed by atoms with E-state index in [4.69, 9.17) is 5.73 Å². The molecule has 0 bridgehead atoms. The quantitative estimate of drug-likeness (QED) is 0.710. The van der Waals surface area contributed by atoms with Gasteiger partial charge in [0.25, 0.3) is 0 Å². The van der Waals surface area contributed by atoms with Gasteiger partial charge in [0, 0.05) is 6.04 Å². The second-order valence-electron chi connectivity index (χ2n) is 4.95. The van der Waals surface area contributed by atoms with Crippen LogP contribution in [0, 0.1) is 11.8 Å². The predicted molar refractivity (Wildman–Crippen MR) is 62.3 cm³/mol. The Morgan fingerprint density at radius 2 is 2.07 bits per heavy atom. The zero-order valence-corrected chi connectivity index (χ0v) is 9.76. The molecule has 2 heteroatoms. The highest BCUT2D eigenvalue weighted by Gasteiger charge is 2.20. The van der Waals surface area contributed by atoms with Gasteiger partial charge in [0.1, 0.15) is 0 Å². The Kier molecular flexibility index (Phi) is 5.49. The molecule has 1 fully saturated rings. The van der Waals surface area contributed by atoms with Gasteiger partial charge in [0.15, 0.2) is 0 Å². The van der Waals surface area contributed by atoms with Crippen molar-refractivity contribution in [1.82, 2.24) is 5.32 Å². The lowest BCUT2D eigenvalue weighted by Gasteiger charge is -2.30. The van der Waals surface area contributed by atoms with Crippen LogP contribution in [0.1, 0.15) is 46.0 Å². The average molecular weight is 198 g/mol. The average Bonchev–Trinajstić information content (AvgIpc) is 2.20. The van der Waals surface area contributed by atoms with Gasteiger partial charge in [-0.1, -0.05) is 26.7 Å². The van der Waals surface area contributed by atoms with Gasteiger partial charge in [-0.25, -0.2) is 0 Å². The smallest absolute Gasteiger partial charge is 0.00926 e. The normalized spacial score (nSPS) is 30.2.